The van der Waals surface area contributed by atoms with E-state index in [2.05, 4.69) is 10.6 Å². The zero-order valence-electron chi connectivity index (χ0n) is 15.6. The summed E-state index contributed by atoms with van der Waals surface area (Å²) in [6.07, 6.45) is 5.54. The molecule has 148 valence electrons. The first-order valence-electron chi connectivity index (χ1n) is 9.23. The molecule has 0 aliphatic rings. The van der Waals surface area contributed by atoms with Gasteiger partial charge in [-0.3, -0.25) is 5.41 Å². The van der Waals surface area contributed by atoms with Gasteiger partial charge in [0.2, 0.25) is 0 Å². The molecule has 6 heteroatoms. The number of unbranched alkanes of at least 4 members (excludes halogenated alkanes) is 2. The SMILES string of the molecule is Br.N=C(Nc1ccc(CCCCO)cc1)Nc1ccc(CCCCO)cc1. The van der Waals surface area contributed by atoms with Crippen LogP contribution < -0.4 is 10.6 Å². The third-order valence-corrected chi connectivity index (χ3v) is 4.19. The van der Waals surface area contributed by atoms with Gasteiger partial charge in [0, 0.05) is 24.6 Å². The summed E-state index contributed by atoms with van der Waals surface area (Å²) in [4.78, 5) is 0. The molecule has 0 amide bonds. The molecule has 0 radical (unpaired) electrons. The largest absolute Gasteiger partial charge is 0.396 e. The van der Waals surface area contributed by atoms with E-state index in [4.69, 9.17) is 15.6 Å². The molecule has 2 aromatic carbocycles. The molecule has 0 fully saturated rings. The number of rotatable bonds is 10. The summed E-state index contributed by atoms with van der Waals surface area (Å²) in [5.74, 6) is 0.228. The molecule has 0 saturated carbocycles. The van der Waals surface area contributed by atoms with Crippen molar-refractivity contribution in [3.63, 3.8) is 0 Å². The molecule has 0 aliphatic heterocycles. The highest BCUT2D eigenvalue weighted by Crippen LogP contribution is 2.14. The van der Waals surface area contributed by atoms with E-state index >= 15 is 0 Å². The smallest absolute Gasteiger partial charge is 0.197 e. The third kappa shape index (κ3) is 9.04. The number of anilines is 2. The highest BCUT2D eigenvalue weighted by Gasteiger charge is 2.01. The minimum atomic E-state index is 0. The highest BCUT2D eigenvalue weighted by atomic mass is 79.9. The average Bonchev–Trinajstić information content (AvgIpc) is 2.65. The summed E-state index contributed by atoms with van der Waals surface area (Å²) >= 11 is 0. The minimum absolute atomic E-state index is 0. The van der Waals surface area contributed by atoms with Crippen LogP contribution in [0.2, 0.25) is 0 Å². The summed E-state index contributed by atoms with van der Waals surface area (Å²) in [6, 6.07) is 16.1. The van der Waals surface area contributed by atoms with Crippen LogP contribution in [0.25, 0.3) is 0 Å². The number of nitrogens with one attached hydrogen (secondary N) is 3. The van der Waals surface area contributed by atoms with E-state index in [0.717, 1.165) is 49.9 Å². The Morgan fingerprint density at radius 3 is 1.37 bits per heavy atom. The predicted molar refractivity (Wildman–Crippen MR) is 118 cm³/mol. The lowest BCUT2D eigenvalue weighted by Gasteiger charge is -2.11. The normalized spacial score (nSPS) is 10.1. The summed E-state index contributed by atoms with van der Waals surface area (Å²) in [5.41, 5.74) is 4.21. The highest BCUT2D eigenvalue weighted by molar-refractivity contribution is 8.93. The standard InChI is InChI=1S/C21H29N3O2.BrH/c22-21(23-19-11-7-17(8-12-19)5-1-3-15-25)24-20-13-9-18(10-14-20)6-2-4-16-26;/h7-14,25-26H,1-6,15-16H2,(H3,22,23,24);1H. The van der Waals surface area contributed by atoms with Crippen molar-refractivity contribution < 1.29 is 10.2 Å². The number of aryl methyl sites for hydroxylation is 2. The van der Waals surface area contributed by atoms with Gasteiger partial charge in [0.25, 0.3) is 0 Å². The second-order valence-corrected chi connectivity index (χ2v) is 6.38. The van der Waals surface area contributed by atoms with E-state index in [1.807, 2.05) is 48.5 Å². The van der Waals surface area contributed by atoms with Gasteiger partial charge in [0.05, 0.1) is 0 Å². The van der Waals surface area contributed by atoms with Crippen molar-refractivity contribution in [3.8, 4) is 0 Å². The molecule has 2 aromatic rings. The Morgan fingerprint density at radius 2 is 1.04 bits per heavy atom. The predicted octanol–water partition coefficient (Wildman–Crippen LogP) is 4.35. The summed E-state index contributed by atoms with van der Waals surface area (Å²) in [6.45, 7) is 0.484. The first-order chi connectivity index (χ1) is 12.7. The summed E-state index contributed by atoms with van der Waals surface area (Å²) < 4.78 is 0. The molecule has 0 spiro atoms. The van der Waals surface area contributed by atoms with Gasteiger partial charge in [-0.25, -0.2) is 0 Å². The Morgan fingerprint density at radius 1 is 0.667 bits per heavy atom. The Kier molecular flexibility index (Phi) is 11.4. The van der Waals surface area contributed by atoms with Crippen LogP contribution in [0, 0.1) is 5.41 Å². The molecule has 27 heavy (non-hydrogen) atoms. The zero-order valence-corrected chi connectivity index (χ0v) is 17.3. The van der Waals surface area contributed by atoms with Crippen molar-refractivity contribution in [2.75, 3.05) is 23.8 Å². The molecule has 5 N–H and O–H groups in total. The molecule has 0 atom stereocenters. The fourth-order valence-corrected chi connectivity index (χ4v) is 2.71. The van der Waals surface area contributed by atoms with E-state index in [0.29, 0.717) is 0 Å². The number of aliphatic hydroxyl groups excluding tert-OH is 2. The maximum Gasteiger partial charge on any atom is 0.197 e. The molecule has 0 unspecified atom stereocenters. The minimum Gasteiger partial charge on any atom is -0.396 e. The van der Waals surface area contributed by atoms with Crippen molar-refractivity contribution >= 4 is 34.3 Å². The molecule has 0 aromatic heterocycles. The maximum atomic E-state index is 8.82. The van der Waals surface area contributed by atoms with Gasteiger partial charge in [-0.05, 0) is 73.9 Å². The number of benzene rings is 2. The lowest BCUT2D eigenvalue weighted by molar-refractivity contribution is 0.284. The van der Waals surface area contributed by atoms with E-state index < -0.39 is 0 Å². The number of hydrogen-bond donors (Lipinski definition) is 5. The second kappa shape index (κ2) is 13.3. The number of guanidine groups is 1. The van der Waals surface area contributed by atoms with E-state index in [1.54, 1.807) is 0 Å². The van der Waals surface area contributed by atoms with E-state index in [9.17, 15) is 0 Å². The van der Waals surface area contributed by atoms with Crippen LogP contribution in [-0.2, 0) is 12.8 Å². The molecular weight excluding hydrogens is 406 g/mol. The lowest BCUT2D eigenvalue weighted by atomic mass is 10.1. The Bertz CT molecular complexity index is 603. The quantitative estimate of drug-likeness (QED) is 0.218. The van der Waals surface area contributed by atoms with Crippen LogP contribution in [0.15, 0.2) is 48.5 Å². The van der Waals surface area contributed by atoms with Gasteiger partial charge in [0.15, 0.2) is 5.96 Å². The average molecular weight is 436 g/mol. The van der Waals surface area contributed by atoms with Gasteiger partial charge < -0.3 is 20.8 Å². The molecular formula is C21H30BrN3O2. The van der Waals surface area contributed by atoms with Crippen LogP contribution in [0.3, 0.4) is 0 Å². The van der Waals surface area contributed by atoms with Gasteiger partial charge in [-0.2, -0.15) is 0 Å². The van der Waals surface area contributed by atoms with Crippen molar-refractivity contribution in [2.24, 2.45) is 0 Å². The van der Waals surface area contributed by atoms with Gasteiger partial charge in [0.1, 0.15) is 0 Å². The summed E-state index contributed by atoms with van der Waals surface area (Å²) in [5, 5.41) is 31.8. The first kappa shape index (κ1) is 23.1. The van der Waals surface area contributed by atoms with Crippen LogP contribution in [0.1, 0.15) is 36.8 Å². The van der Waals surface area contributed by atoms with Gasteiger partial charge in [-0.15, -0.1) is 17.0 Å². The topological polar surface area (TPSA) is 88.4 Å². The Hall–Kier alpha value is -1.89. The summed E-state index contributed by atoms with van der Waals surface area (Å²) in [7, 11) is 0. The molecule has 2 rings (SSSR count). The molecule has 5 nitrogen and oxygen atoms in total. The molecule has 0 saturated heterocycles. The van der Waals surface area contributed by atoms with Crippen LogP contribution in [0.4, 0.5) is 11.4 Å². The zero-order chi connectivity index (χ0) is 18.6. The monoisotopic (exact) mass is 435 g/mol. The van der Waals surface area contributed by atoms with Crippen molar-refractivity contribution in [3.05, 3.63) is 59.7 Å². The van der Waals surface area contributed by atoms with Crippen LogP contribution >= 0.6 is 17.0 Å². The van der Waals surface area contributed by atoms with Crippen molar-refractivity contribution in [1.82, 2.24) is 0 Å². The Labute approximate surface area is 172 Å². The molecule has 0 heterocycles. The fraction of sp³-hybridized carbons (Fsp3) is 0.381. The van der Waals surface area contributed by atoms with Crippen molar-refractivity contribution in [1.29, 1.82) is 5.41 Å². The maximum absolute atomic E-state index is 8.82. The van der Waals surface area contributed by atoms with Crippen LogP contribution in [0.5, 0.6) is 0 Å². The van der Waals surface area contributed by atoms with Crippen molar-refractivity contribution in [2.45, 2.75) is 38.5 Å². The molecule has 0 aliphatic carbocycles. The van der Waals surface area contributed by atoms with E-state index in [1.165, 1.54) is 11.1 Å². The third-order valence-electron chi connectivity index (χ3n) is 4.19. The van der Waals surface area contributed by atoms with E-state index in [-0.39, 0.29) is 36.2 Å². The van der Waals surface area contributed by atoms with Gasteiger partial charge >= 0.3 is 0 Å². The lowest BCUT2D eigenvalue weighted by Crippen LogP contribution is -2.20. The first-order valence-corrected chi connectivity index (χ1v) is 9.23. The fourth-order valence-electron chi connectivity index (χ4n) is 2.71. The second-order valence-electron chi connectivity index (χ2n) is 6.38. The number of hydrogen-bond acceptors (Lipinski definition) is 3. The van der Waals surface area contributed by atoms with Crippen LogP contribution in [-0.4, -0.2) is 29.4 Å². The van der Waals surface area contributed by atoms with Gasteiger partial charge in [-0.1, -0.05) is 24.3 Å². The number of halogens is 1. The number of aliphatic hydroxyl groups is 2. The molecule has 0 bridgehead atoms. The Balaban J connectivity index is 0.00000364.